The van der Waals surface area contributed by atoms with Crippen molar-refractivity contribution in [2.75, 3.05) is 0 Å². The Bertz CT molecular complexity index is 630. The van der Waals surface area contributed by atoms with E-state index in [1.54, 1.807) is 13.0 Å². The maximum atomic E-state index is 13.1. The summed E-state index contributed by atoms with van der Waals surface area (Å²) in [6.07, 6.45) is 1.29. The number of aromatic amines is 1. The van der Waals surface area contributed by atoms with E-state index in [-0.39, 0.29) is 12.4 Å². The van der Waals surface area contributed by atoms with Crippen LogP contribution in [0.4, 0.5) is 4.39 Å². The first kappa shape index (κ1) is 11.3. The van der Waals surface area contributed by atoms with Gasteiger partial charge in [0.15, 0.2) is 0 Å². The topological polar surface area (TPSA) is 54.9 Å². The molecule has 0 atom stereocenters. The van der Waals surface area contributed by atoms with Crippen LogP contribution in [0.2, 0.25) is 0 Å². The number of rotatable bonds is 2. The minimum absolute atomic E-state index is 0.0681. The van der Waals surface area contributed by atoms with Gasteiger partial charge in [-0.1, -0.05) is 6.07 Å². The number of aromatic nitrogens is 2. The number of benzene rings is 1. The monoisotopic (exact) mass is 234 g/mol. The second-order valence-electron chi connectivity index (χ2n) is 3.78. The van der Waals surface area contributed by atoms with Crippen LogP contribution in [-0.2, 0) is 6.54 Å². The highest BCUT2D eigenvalue weighted by Gasteiger charge is 2.05. The van der Waals surface area contributed by atoms with E-state index in [4.69, 9.17) is 0 Å². The summed E-state index contributed by atoms with van der Waals surface area (Å²) in [5.74, 6) is -0.383. The molecule has 0 saturated heterocycles. The first-order chi connectivity index (χ1) is 8.08. The zero-order chi connectivity index (χ0) is 12.4. The summed E-state index contributed by atoms with van der Waals surface area (Å²) in [7, 11) is 0. The molecule has 1 heterocycles. The Morgan fingerprint density at radius 2 is 2.06 bits per heavy atom. The molecule has 0 fully saturated rings. The number of H-pyrrole nitrogens is 1. The molecular weight excluding hydrogens is 223 g/mol. The molecule has 1 aromatic carbocycles. The van der Waals surface area contributed by atoms with E-state index in [1.165, 1.54) is 24.4 Å². The van der Waals surface area contributed by atoms with Crippen LogP contribution in [0.5, 0.6) is 0 Å². The number of hydrogen-bond acceptors (Lipinski definition) is 2. The van der Waals surface area contributed by atoms with E-state index in [0.29, 0.717) is 5.56 Å². The fourth-order valence-electron chi connectivity index (χ4n) is 1.58. The van der Waals surface area contributed by atoms with Crippen LogP contribution in [0.3, 0.4) is 0 Å². The second-order valence-corrected chi connectivity index (χ2v) is 3.78. The first-order valence-electron chi connectivity index (χ1n) is 5.11. The fourth-order valence-corrected chi connectivity index (χ4v) is 1.58. The van der Waals surface area contributed by atoms with Crippen molar-refractivity contribution in [2.24, 2.45) is 0 Å². The van der Waals surface area contributed by atoms with Gasteiger partial charge in [0.05, 0.1) is 6.54 Å². The molecule has 0 saturated carbocycles. The van der Waals surface area contributed by atoms with Gasteiger partial charge in [-0.2, -0.15) is 0 Å². The molecule has 0 spiro atoms. The number of nitrogens with zero attached hydrogens (tertiary/aromatic N) is 1. The lowest BCUT2D eigenvalue weighted by Gasteiger charge is -2.07. The van der Waals surface area contributed by atoms with Crippen LogP contribution < -0.4 is 11.2 Å². The summed E-state index contributed by atoms with van der Waals surface area (Å²) in [4.78, 5) is 25.4. The maximum absolute atomic E-state index is 13.1. The van der Waals surface area contributed by atoms with Gasteiger partial charge in [-0.15, -0.1) is 0 Å². The van der Waals surface area contributed by atoms with Gasteiger partial charge in [0.25, 0.3) is 5.56 Å². The molecule has 2 aromatic rings. The molecule has 4 nitrogen and oxygen atoms in total. The van der Waals surface area contributed by atoms with Crippen LogP contribution in [0.1, 0.15) is 11.1 Å². The van der Waals surface area contributed by atoms with Gasteiger partial charge >= 0.3 is 5.69 Å². The minimum atomic E-state index is -0.499. The zero-order valence-corrected chi connectivity index (χ0v) is 9.24. The van der Waals surface area contributed by atoms with Crippen LogP contribution in [0, 0.1) is 12.7 Å². The second kappa shape index (κ2) is 4.37. The SMILES string of the molecule is Cc1ccc(F)cc1Cn1c(=O)cc[nH]c1=O. The van der Waals surface area contributed by atoms with Crippen molar-refractivity contribution < 1.29 is 4.39 Å². The molecule has 0 amide bonds. The van der Waals surface area contributed by atoms with Crippen molar-refractivity contribution in [2.45, 2.75) is 13.5 Å². The summed E-state index contributed by atoms with van der Waals surface area (Å²) >= 11 is 0. The molecule has 0 unspecified atom stereocenters. The van der Waals surface area contributed by atoms with Gasteiger partial charge in [0.2, 0.25) is 0 Å². The van der Waals surface area contributed by atoms with E-state index < -0.39 is 11.2 Å². The first-order valence-corrected chi connectivity index (χ1v) is 5.11. The molecule has 88 valence electrons. The minimum Gasteiger partial charge on any atom is -0.314 e. The standard InChI is InChI=1S/C12H11FN2O2/c1-8-2-3-10(13)6-9(8)7-15-11(16)4-5-14-12(15)17/h2-6H,7H2,1H3,(H,14,17). The fraction of sp³-hybridized carbons (Fsp3) is 0.167. The van der Waals surface area contributed by atoms with E-state index >= 15 is 0 Å². The molecule has 0 aliphatic heterocycles. The number of hydrogen-bond donors (Lipinski definition) is 1. The van der Waals surface area contributed by atoms with E-state index in [1.807, 2.05) is 0 Å². The van der Waals surface area contributed by atoms with Gasteiger partial charge in [-0.25, -0.2) is 9.18 Å². The van der Waals surface area contributed by atoms with Gasteiger partial charge in [0, 0.05) is 12.3 Å². The predicted octanol–water partition coefficient (Wildman–Crippen LogP) is 1.03. The summed E-state index contributed by atoms with van der Waals surface area (Å²) in [5, 5.41) is 0. The zero-order valence-electron chi connectivity index (χ0n) is 9.24. The van der Waals surface area contributed by atoms with Gasteiger partial charge in [0.1, 0.15) is 5.82 Å². The lowest BCUT2D eigenvalue weighted by atomic mass is 10.1. The lowest BCUT2D eigenvalue weighted by molar-refractivity contribution is 0.619. The summed E-state index contributed by atoms with van der Waals surface area (Å²) < 4.78 is 14.1. The highest BCUT2D eigenvalue weighted by Crippen LogP contribution is 2.10. The molecule has 1 N–H and O–H groups in total. The van der Waals surface area contributed by atoms with Crippen LogP contribution in [0.25, 0.3) is 0 Å². The predicted molar refractivity (Wildman–Crippen MR) is 61.6 cm³/mol. The largest absolute Gasteiger partial charge is 0.328 e. The molecule has 0 radical (unpaired) electrons. The Morgan fingerprint density at radius 1 is 1.29 bits per heavy atom. The number of aryl methyl sites for hydroxylation is 1. The molecule has 0 bridgehead atoms. The van der Waals surface area contributed by atoms with Crippen molar-refractivity contribution in [1.82, 2.24) is 9.55 Å². The van der Waals surface area contributed by atoms with E-state index in [9.17, 15) is 14.0 Å². The highest BCUT2D eigenvalue weighted by atomic mass is 19.1. The van der Waals surface area contributed by atoms with Gasteiger partial charge < -0.3 is 4.98 Å². The van der Waals surface area contributed by atoms with Crippen molar-refractivity contribution in [3.8, 4) is 0 Å². The molecule has 1 aromatic heterocycles. The molecule has 0 aliphatic carbocycles. The van der Waals surface area contributed by atoms with Crippen molar-refractivity contribution >= 4 is 0 Å². The summed E-state index contributed by atoms with van der Waals surface area (Å²) in [5.41, 5.74) is 0.545. The van der Waals surface area contributed by atoms with Crippen LogP contribution in [0.15, 0.2) is 40.1 Å². The molecule has 0 aliphatic rings. The Hall–Kier alpha value is -2.17. The van der Waals surface area contributed by atoms with Crippen molar-refractivity contribution in [3.05, 3.63) is 68.2 Å². The normalized spacial score (nSPS) is 10.5. The highest BCUT2D eigenvalue weighted by molar-refractivity contribution is 5.26. The molecule has 17 heavy (non-hydrogen) atoms. The summed E-state index contributed by atoms with van der Waals surface area (Å²) in [6, 6.07) is 5.55. The number of nitrogens with one attached hydrogen (secondary N) is 1. The quantitative estimate of drug-likeness (QED) is 0.843. The van der Waals surface area contributed by atoms with E-state index in [0.717, 1.165) is 10.1 Å². The Labute approximate surface area is 96.4 Å². The molecule has 2 rings (SSSR count). The van der Waals surface area contributed by atoms with Crippen molar-refractivity contribution in [3.63, 3.8) is 0 Å². The third kappa shape index (κ3) is 2.33. The number of halogens is 1. The van der Waals surface area contributed by atoms with Crippen LogP contribution >= 0.6 is 0 Å². The Kier molecular flexibility index (Phi) is 2.91. The third-order valence-electron chi connectivity index (χ3n) is 2.58. The average Bonchev–Trinajstić information content (AvgIpc) is 2.28. The maximum Gasteiger partial charge on any atom is 0.328 e. The summed E-state index contributed by atoms with van der Waals surface area (Å²) in [6.45, 7) is 1.87. The molecular formula is C12H11FN2O2. The van der Waals surface area contributed by atoms with Crippen LogP contribution in [-0.4, -0.2) is 9.55 Å². The van der Waals surface area contributed by atoms with Crippen molar-refractivity contribution in [1.29, 1.82) is 0 Å². The van der Waals surface area contributed by atoms with Gasteiger partial charge in [-0.3, -0.25) is 9.36 Å². The lowest BCUT2D eigenvalue weighted by Crippen LogP contribution is -2.34. The van der Waals surface area contributed by atoms with Gasteiger partial charge in [-0.05, 0) is 30.2 Å². The Balaban J connectivity index is 2.48. The smallest absolute Gasteiger partial charge is 0.314 e. The average molecular weight is 234 g/mol. The molecule has 5 heteroatoms. The van der Waals surface area contributed by atoms with E-state index in [2.05, 4.69) is 4.98 Å². The Morgan fingerprint density at radius 3 is 2.76 bits per heavy atom. The third-order valence-corrected chi connectivity index (χ3v) is 2.58.